The number of hydrogen-bond acceptors (Lipinski definition) is 6. The van der Waals surface area contributed by atoms with Gasteiger partial charge in [-0.15, -0.1) is 0 Å². The van der Waals surface area contributed by atoms with Gasteiger partial charge in [-0.05, 0) is 26.0 Å². The molecule has 152 valence electrons. The number of para-hydroxylation sites is 1. The lowest BCUT2D eigenvalue weighted by atomic mass is 9.94. The van der Waals surface area contributed by atoms with Gasteiger partial charge >= 0.3 is 11.7 Å². The van der Waals surface area contributed by atoms with Crippen molar-refractivity contribution in [1.29, 1.82) is 0 Å². The zero-order chi connectivity index (χ0) is 21.7. The molecule has 0 fully saturated rings. The number of Topliss-reactive ketones (excluding diaryl/α,β-unsaturated/α-hetero) is 1. The highest BCUT2D eigenvalue weighted by Gasteiger charge is 2.39. The molecule has 2 aromatic rings. The number of ketones is 1. The van der Waals surface area contributed by atoms with Gasteiger partial charge < -0.3 is 4.74 Å². The van der Waals surface area contributed by atoms with E-state index in [4.69, 9.17) is 4.74 Å². The SMILES string of the molecule is CCOC(=O)C(C=Nc1ccccc1)C(=O)c1c(F)c(C)c(F)c(F)c1[N+](=O)[O-]. The second-order valence-corrected chi connectivity index (χ2v) is 5.76. The molecule has 1 atom stereocenters. The number of esters is 1. The zero-order valence-electron chi connectivity index (χ0n) is 15.3. The number of nitrogens with zero attached hydrogens (tertiary/aromatic N) is 2. The first-order valence-electron chi connectivity index (χ1n) is 8.32. The fourth-order valence-corrected chi connectivity index (χ4v) is 2.46. The molecule has 0 amide bonds. The van der Waals surface area contributed by atoms with Crippen LogP contribution in [0.2, 0.25) is 0 Å². The van der Waals surface area contributed by atoms with E-state index in [1.165, 1.54) is 19.1 Å². The molecule has 0 heterocycles. The number of carbonyl (C=O) groups is 2. The highest BCUT2D eigenvalue weighted by atomic mass is 19.2. The minimum Gasteiger partial charge on any atom is -0.465 e. The monoisotopic (exact) mass is 408 g/mol. The second kappa shape index (κ2) is 9.09. The van der Waals surface area contributed by atoms with Crippen molar-refractivity contribution in [3.05, 3.63) is 69.0 Å². The van der Waals surface area contributed by atoms with E-state index in [2.05, 4.69) is 4.99 Å². The lowest BCUT2D eigenvalue weighted by Gasteiger charge is -2.13. The number of rotatable bonds is 7. The van der Waals surface area contributed by atoms with Crippen molar-refractivity contribution >= 4 is 29.3 Å². The molecule has 0 N–H and O–H groups in total. The molecule has 0 radical (unpaired) electrons. The molecule has 0 spiro atoms. The normalized spacial score (nSPS) is 12.0. The first-order chi connectivity index (χ1) is 13.7. The van der Waals surface area contributed by atoms with Crippen LogP contribution >= 0.6 is 0 Å². The first-order valence-corrected chi connectivity index (χ1v) is 8.32. The lowest BCUT2D eigenvalue weighted by Crippen LogP contribution is -2.29. The zero-order valence-corrected chi connectivity index (χ0v) is 15.3. The Morgan fingerprint density at radius 3 is 2.34 bits per heavy atom. The average Bonchev–Trinajstić information content (AvgIpc) is 2.69. The van der Waals surface area contributed by atoms with Crippen LogP contribution in [-0.4, -0.2) is 29.5 Å². The topological polar surface area (TPSA) is 98.9 Å². The van der Waals surface area contributed by atoms with Crippen molar-refractivity contribution in [2.75, 3.05) is 6.61 Å². The molecule has 7 nitrogen and oxygen atoms in total. The van der Waals surface area contributed by atoms with Crippen molar-refractivity contribution in [2.24, 2.45) is 10.9 Å². The number of hydrogen-bond donors (Lipinski definition) is 0. The maximum atomic E-state index is 14.6. The molecule has 0 bridgehead atoms. The van der Waals surface area contributed by atoms with Gasteiger partial charge in [-0.3, -0.25) is 24.7 Å². The van der Waals surface area contributed by atoms with Gasteiger partial charge in [0.15, 0.2) is 17.5 Å². The predicted molar refractivity (Wildman–Crippen MR) is 96.8 cm³/mol. The number of nitro benzene ring substituents is 1. The summed E-state index contributed by atoms with van der Waals surface area (Å²) in [5, 5.41) is 11.2. The Labute approximate surface area is 163 Å². The Hall–Kier alpha value is -3.56. The van der Waals surface area contributed by atoms with Gasteiger partial charge in [-0.2, -0.15) is 4.39 Å². The minimum absolute atomic E-state index is 0.150. The summed E-state index contributed by atoms with van der Waals surface area (Å²) in [6.45, 7) is 2.10. The molecule has 10 heteroatoms. The van der Waals surface area contributed by atoms with Crippen LogP contribution in [0.3, 0.4) is 0 Å². The summed E-state index contributed by atoms with van der Waals surface area (Å²) in [7, 11) is 0. The Balaban J connectivity index is 2.64. The molecule has 2 rings (SSSR count). The summed E-state index contributed by atoms with van der Waals surface area (Å²) >= 11 is 0. The number of benzene rings is 2. The molecule has 0 aliphatic rings. The van der Waals surface area contributed by atoms with Gasteiger partial charge in [0.2, 0.25) is 5.82 Å². The largest absolute Gasteiger partial charge is 0.465 e. The van der Waals surface area contributed by atoms with E-state index in [1.54, 1.807) is 18.2 Å². The third-order valence-corrected chi connectivity index (χ3v) is 3.90. The summed E-state index contributed by atoms with van der Waals surface area (Å²) in [6.07, 6.45) is 0.815. The van der Waals surface area contributed by atoms with Crippen molar-refractivity contribution in [3.63, 3.8) is 0 Å². The molecule has 0 saturated heterocycles. The lowest BCUT2D eigenvalue weighted by molar-refractivity contribution is -0.388. The fourth-order valence-electron chi connectivity index (χ4n) is 2.46. The molecule has 0 saturated carbocycles. The molecular weight excluding hydrogens is 393 g/mol. The fraction of sp³-hybridized carbons (Fsp3) is 0.211. The Morgan fingerprint density at radius 2 is 1.79 bits per heavy atom. The Kier molecular flexibility index (Phi) is 6.81. The molecule has 29 heavy (non-hydrogen) atoms. The van der Waals surface area contributed by atoms with Gasteiger partial charge in [0.1, 0.15) is 11.4 Å². The highest BCUT2D eigenvalue weighted by Crippen LogP contribution is 2.32. The Bertz CT molecular complexity index is 993. The highest BCUT2D eigenvalue weighted by molar-refractivity contribution is 6.20. The number of nitro groups is 1. The van der Waals surface area contributed by atoms with E-state index in [0.717, 1.165) is 13.1 Å². The molecule has 0 aliphatic heterocycles. The summed E-state index contributed by atoms with van der Waals surface area (Å²) < 4.78 is 47.2. The van der Waals surface area contributed by atoms with E-state index in [1.807, 2.05) is 0 Å². The van der Waals surface area contributed by atoms with Crippen molar-refractivity contribution in [1.82, 2.24) is 0 Å². The van der Waals surface area contributed by atoms with Gasteiger partial charge in [0.05, 0.1) is 17.2 Å². The number of halogens is 3. The number of carbonyl (C=O) groups excluding carboxylic acids is 2. The van der Waals surface area contributed by atoms with E-state index >= 15 is 0 Å². The third kappa shape index (κ3) is 4.48. The molecular formula is C19H15F3N2O5. The van der Waals surface area contributed by atoms with Crippen LogP contribution in [0.15, 0.2) is 35.3 Å². The maximum absolute atomic E-state index is 14.6. The van der Waals surface area contributed by atoms with E-state index in [9.17, 15) is 32.9 Å². The minimum atomic E-state index is -2.00. The third-order valence-electron chi connectivity index (χ3n) is 3.90. The van der Waals surface area contributed by atoms with Gasteiger partial charge in [-0.25, -0.2) is 8.78 Å². The van der Waals surface area contributed by atoms with Crippen molar-refractivity contribution in [2.45, 2.75) is 13.8 Å². The van der Waals surface area contributed by atoms with Crippen LogP contribution in [0, 0.1) is 40.4 Å². The quantitative estimate of drug-likeness (QED) is 0.131. The molecule has 0 aromatic heterocycles. The smallest absolute Gasteiger partial charge is 0.322 e. The molecule has 2 aromatic carbocycles. The second-order valence-electron chi connectivity index (χ2n) is 5.76. The maximum Gasteiger partial charge on any atom is 0.322 e. The summed E-state index contributed by atoms with van der Waals surface area (Å²) in [4.78, 5) is 38.7. The number of aliphatic imine (C=N–C) groups is 1. The van der Waals surface area contributed by atoms with Crippen LogP contribution in [0.5, 0.6) is 0 Å². The molecule has 1 unspecified atom stereocenters. The first kappa shape index (κ1) is 21.7. The molecule has 0 aliphatic carbocycles. The van der Waals surface area contributed by atoms with E-state index in [-0.39, 0.29) is 6.61 Å². The summed E-state index contributed by atoms with van der Waals surface area (Å²) in [5.41, 5.74) is -3.66. The van der Waals surface area contributed by atoms with Gasteiger partial charge in [-0.1, -0.05) is 18.2 Å². The number of ether oxygens (including phenoxy) is 1. The van der Waals surface area contributed by atoms with Crippen molar-refractivity contribution in [3.8, 4) is 0 Å². The Morgan fingerprint density at radius 1 is 1.17 bits per heavy atom. The van der Waals surface area contributed by atoms with Crippen LogP contribution in [0.25, 0.3) is 0 Å². The van der Waals surface area contributed by atoms with Crippen LogP contribution < -0.4 is 0 Å². The standard InChI is InChI=1S/C19H15F3N2O5/c1-3-29-19(26)12(9-23-11-7-5-4-6-8-11)18(25)13-14(20)10(2)15(21)16(22)17(13)24(27)28/h4-9,12H,3H2,1-2H3. The van der Waals surface area contributed by atoms with Gasteiger partial charge in [0, 0.05) is 11.8 Å². The average molecular weight is 408 g/mol. The van der Waals surface area contributed by atoms with E-state index in [0.29, 0.717) is 5.69 Å². The van der Waals surface area contributed by atoms with Gasteiger partial charge in [0.25, 0.3) is 0 Å². The summed E-state index contributed by atoms with van der Waals surface area (Å²) in [5.74, 6) is -9.99. The van der Waals surface area contributed by atoms with Crippen LogP contribution in [0.1, 0.15) is 22.8 Å². The van der Waals surface area contributed by atoms with Crippen LogP contribution in [-0.2, 0) is 9.53 Å². The summed E-state index contributed by atoms with van der Waals surface area (Å²) in [6, 6.07) is 8.01. The predicted octanol–water partition coefficient (Wildman–Crippen LogP) is 4.09. The van der Waals surface area contributed by atoms with Crippen LogP contribution in [0.4, 0.5) is 24.5 Å². The van der Waals surface area contributed by atoms with Crippen molar-refractivity contribution < 1.29 is 32.4 Å². The van der Waals surface area contributed by atoms with E-state index < -0.39 is 56.9 Å².